The Morgan fingerprint density at radius 2 is 1.84 bits per heavy atom. The zero-order valence-electron chi connectivity index (χ0n) is 16.6. The van der Waals surface area contributed by atoms with Gasteiger partial charge in [0, 0.05) is 10.8 Å². The van der Waals surface area contributed by atoms with Crippen molar-refractivity contribution in [1.82, 2.24) is 14.7 Å². The predicted octanol–water partition coefficient (Wildman–Crippen LogP) is 3.26. The molecule has 0 radical (unpaired) electrons. The number of aromatic nitrogens is 3. The molecule has 6 nitrogen and oxygen atoms in total. The van der Waals surface area contributed by atoms with E-state index in [1.165, 1.54) is 12.1 Å². The molecule has 9 heteroatoms. The number of hydrogen-bond acceptors (Lipinski definition) is 4. The van der Waals surface area contributed by atoms with Crippen LogP contribution in [-0.4, -0.2) is 46.3 Å². The minimum absolute atomic E-state index is 0.231. The molecular formula is C22H20F3N4O2+. The zero-order valence-corrected chi connectivity index (χ0v) is 16.6. The highest BCUT2D eigenvalue weighted by molar-refractivity contribution is 6.01. The average molecular weight is 429 g/mol. The highest BCUT2D eigenvalue weighted by Crippen LogP contribution is 2.30. The minimum Gasteiger partial charge on any atom is -0.376 e. The van der Waals surface area contributed by atoms with E-state index in [-0.39, 0.29) is 12.8 Å². The van der Waals surface area contributed by atoms with Crippen LogP contribution in [0.15, 0.2) is 60.9 Å². The Hall–Kier alpha value is -3.01. The van der Waals surface area contributed by atoms with Gasteiger partial charge in [-0.1, -0.05) is 18.2 Å². The number of hydrogen-bond donors (Lipinski definition) is 1. The Morgan fingerprint density at radius 1 is 1.10 bits per heavy atom. The van der Waals surface area contributed by atoms with Gasteiger partial charge in [-0.2, -0.15) is 22.8 Å². The number of benzene rings is 2. The molecular weight excluding hydrogens is 409 g/mol. The number of rotatable bonds is 2. The number of halogens is 3. The van der Waals surface area contributed by atoms with Crippen molar-refractivity contribution in [3.63, 3.8) is 0 Å². The molecule has 1 fully saturated rings. The molecule has 1 aliphatic heterocycles. The first-order valence-electron chi connectivity index (χ1n) is 9.80. The lowest BCUT2D eigenvalue weighted by Crippen LogP contribution is -2.57. The summed E-state index contributed by atoms with van der Waals surface area (Å²) in [6.07, 6.45) is -1.61. The summed E-state index contributed by atoms with van der Waals surface area (Å²) < 4.78 is 47.9. The fourth-order valence-corrected chi connectivity index (χ4v) is 3.96. The van der Waals surface area contributed by atoms with Gasteiger partial charge < -0.3 is 9.84 Å². The first-order chi connectivity index (χ1) is 14.8. The van der Waals surface area contributed by atoms with Crippen LogP contribution in [0.25, 0.3) is 27.5 Å². The predicted molar refractivity (Wildman–Crippen MR) is 107 cm³/mol. The summed E-state index contributed by atoms with van der Waals surface area (Å²) in [6, 6.07) is 12.7. The summed E-state index contributed by atoms with van der Waals surface area (Å²) in [6.45, 7) is 0.617. The van der Waals surface area contributed by atoms with Crippen molar-refractivity contribution < 1.29 is 27.6 Å². The molecule has 1 N–H and O–H groups in total. The molecule has 0 amide bonds. The van der Waals surface area contributed by atoms with Gasteiger partial charge in [-0.15, -0.1) is 0 Å². The van der Waals surface area contributed by atoms with E-state index >= 15 is 0 Å². The summed E-state index contributed by atoms with van der Waals surface area (Å²) in [7, 11) is 1.83. The number of pyridine rings is 1. The highest BCUT2D eigenvalue weighted by atomic mass is 19.4. The van der Waals surface area contributed by atoms with Crippen molar-refractivity contribution >= 4 is 21.8 Å². The molecule has 160 valence electrons. The van der Waals surface area contributed by atoms with Gasteiger partial charge in [-0.25, -0.2) is 9.58 Å². The molecule has 1 saturated heterocycles. The number of ether oxygens (including phenoxy) is 1. The topological polar surface area (TPSA) is 54.4 Å². The first-order valence-corrected chi connectivity index (χ1v) is 9.80. The minimum atomic E-state index is -4.39. The maximum Gasteiger partial charge on any atom is 0.416 e. The van der Waals surface area contributed by atoms with Crippen LogP contribution in [0.5, 0.6) is 0 Å². The van der Waals surface area contributed by atoms with Crippen molar-refractivity contribution in [2.75, 3.05) is 20.3 Å². The summed E-state index contributed by atoms with van der Waals surface area (Å²) in [5.41, 5.74) is 1.32. The van der Waals surface area contributed by atoms with Gasteiger partial charge in [0.05, 0.1) is 17.9 Å². The van der Waals surface area contributed by atoms with Crippen LogP contribution in [-0.2, 0) is 10.9 Å². The molecule has 31 heavy (non-hydrogen) atoms. The summed E-state index contributed by atoms with van der Waals surface area (Å²) >= 11 is 0. The molecule has 1 aliphatic rings. The molecule has 2 atom stereocenters. The molecule has 3 heterocycles. The zero-order chi connectivity index (χ0) is 21.8. The lowest BCUT2D eigenvalue weighted by atomic mass is 10.1. The Balaban J connectivity index is 1.68. The number of likely N-dealkylation sites (N-methyl/N-ethyl adjacent to an activating group) is 1. The van der Waals surface area contributed by atoms with E-state index in [4.69, 9.17) is 9.84 Å². The SMILES string of the molecule is CN1C(O)COCC1[n+]1cc2ccccc2c2nn(-c3ccc(C(F)(F)F)cc3)cc21. The van der Waals surface area contributed by atoms with E-state index in [2.05, 4.69) is 0 Å². The van der Waals surface area contributed by atoms with Gasteiger partial charge >= 0.3 is 6.18 Å². The molecule has 0 spiro atoms. The number of alkyl halides is 3. The van der Waals surface area contributed by atoms with Crippen LogP contribution < -0.4 is 4.57 Å². The molecule has 2 aromatic carbocycles. The number of fused-ring (bicyclic) bond motifs is 3. The largest absolute Gasteiger partial charge is 0.416 e. The van der Waals surface area contributed by atoms with Gasteiger partial charge in [0.2, 0.25) is 6.17 Å². The maximum atomic E-state index is 12.9. The number of morpholine rings is 1. The monoisotopic (exact) mass is 429 g/mol. The van der Waals surface area contributed by atoms with Crippen LogP contribution in [0.1, 0.15) is 11.7 Å². The maximum absolute atomic E-state index is 12.9. The fourth-order valence-electron chi connectivity index (χ4n) is 3.96. The number of aliphatic hydroxyl groups is 1. The standard InChI is InChI=1S/C22H20F3N4O2/c1-27-19(12-31-13-20(27)30)28-10-14-4-2-3-5-17(14)21-18(28)11-29(26-21)16-8-6-15(7-9-16)22(23,24)25/h2-11,19-20,30H,12-13H2,1H3/q+1. The van der Waals surface area contributed by atoms with Crippen LogP contribution in [0.3, 0.4) is 0 Å². The van der Waals surface area contributed by atoms with Crippen molar-refractivity contribution in [2.24, 2.45) is 0 Å². The molecule has 0 saturated carbocycles. The smallest absolute Gasteiger partial charge is 0.376 e. The molecule has 2 aromatic heterocycles. The molecule has 0 bridgehead atoms. The Labute approximate surface area is 175 Å². The van der Waals surface area contributed by atoms with Crippen molar-refractivity contribution in [3.8, 4) is 5.69 Å². The fraction of sp³-hybridized carbons (Fsp3) is 0.273. The third-order valence-electron chi connectivity index (χ3n) is 5.72. The normalized spacial score (nSPS) is 20.5. The first kappa shape index (κ1) is 19.9. The second kappa shape index (κ2) is 7.30. The van der Waals surface area contributed by atoms with E-state index in [1.54, 1.807) is 10.9 Å². The van der Waals surface area contributed by atoms with Crippen LogP contribution in [0.4, 0.5) is 13.2 Å². The molecule has 0 aliphatic carbocycles. The lowest BCUT2D eigenvalue weighted by molar-refractivity contribution is -0.727. The van der Waals surface area contributed by atoms with E-state index in [0.717, 1.165) is 28.4 Å². The Bertz CT molecular complexity index is 1250. The second-order valence-corrected chi connectivity index (χ2v) is 7.64. The van der Waals surface area contributed by atoms with Crippen LogP contribution in [0.2, 0.25) is 0 Å². The number of nitrogens with zero attached hydrogens (tertiary/aromatic N) is 4. The van der Waals surface area contributed by atoms with Crippen LogP contribution >= 0.6 is 0 Å². The molecule has 5 rings (SSSR count). The summed E-state index contributed by atoms with van der Waals surface area (Å²) in [4.78, 5) is 1.83. The van der Waals surface area contributed by atoms with Crippen LogP contribution in [0, 0.1) is 0 Å². The quantitative estimate of drug-likeness (QED) is 0.497. The van der Waals surface area contributed by atoms with Crippen molar-refractivity contribution in [2.45, 2.75) is 18.6 Å². The summed E-state index contributed by atoms with van der Waals surface area (Å²) in [5.74, 6) is 0. The third kappa shape index (κ3) is 3.44. The van der Waals surface area contributed by atoms with Gasteiger partial charge in [0.25, 0.3) is 5.52 Å². The van der Waals surface area contributed by atoms with E-state index in [9.17, 15) is 18.3 Å². The molecule has 4 aromatic rings. The van der Waals surface area contributed by atoms with Gasteiger partial charge in [0.1, 0.15) is 19.0 Å². The van der Waals surface area contributed by atoms with Gasteiger partial charge in [-0.3, -0.25) is 0 Å². The lowest BCUT2D eigenvalue weighted by Gasteiger charge is -2.32. The summed E-state index contributed by atoms with van der Waals surface area (Å²) in [5, 5.41) is 16.8. The van der Waals surface area contributed by atoms with Crippen molar-refractivity contribution in [3.05, 3.63) is 66.5 Å². The van der Waals surface area contributed by atoms with E-state index in [0.29, 0.717) is 17.8 Å². The average Bonchev–Trinajstić information content (AvgIpc) is 3.21. The second-order valence-electron chi connectivity index (χ2n) is 7.64. The Morgan fingerprint density at radius 3 is 2.58 bits per heavy atom. The number of aliphatic hydroxyl groups excluding tert-OH is 1. The van der Waals surface area contributed by atoms with Gasteiger partial charge in [0.15, 0.2) is 11.7 Å². The third-order valence-corrected chi connectivity index (χ3v) is 5.72. The molecule has 2 unspecified atom stereocenters. The Kier molecular flexibility index (Phi) is 4.69. The van der Waals surface area contributed by atoms with E-state index in [1.807, 2.05) is 47.0 Å². The van der Waals surface area contributed by atoms with Crippen molar-refractivity contribution in [1.29, 1.82) is 0 Å². The van der Waals surface area contributed by atoms with E-state index < -0.39 is 18.0 Å². The highest BCUT2D eigenvalue weighted by Gasteiger charge is 2.36. The van der Waals surface area contributed by atoms with Gasteiger partial charge in [-0.05, 0) is 37.4 Å².